The summed E-state index contributed by atoms with van der Waals surface area (Å²) >= 11 is 1.74. The molecule has 0 spiro atoms. The van der Waals surface area contributed by atoms with Crippen molar-refractivity contribution in [2.24, 2.45) is 4.99 Å². The minimum Gasteiger partial charge on any atom is -0.496 e. The first-order valence-corrected chi connectivity index (χ1v) is 10.4. The highest BCUT2D eigenvalue weighted by Crippen LogP contribution is 2.44. The maximum atomic E-state index is 5.65. The van der Waals surface area contributed by atoms with Gasteiger partial charge in [0, 0.05) is 29.4 Å². The Morgan fingerprint density at radius 1 is 1.21 bits per heavy atom. The first-order valence-electron chi connectivity index (χ1n) is 9.59. The van der Waals surface area contributed by atoms with Gasteiger partial charge in [-0.2, -0.15) is 0 Å². The zero-order valence-corrected chi connectivity index (χ0v) is 20.3. The molecule has 1 fully saturated rings. The number of benzene rings is 1. The Morgan fingerprint density at radius 3 is 2.54 bits per heavy atom. The fourth-order valence-corrected chi connectivity index (χ4v) is 4.80. The van der Waals surface area contributed by atoms with E-state index in [0.29, 0.717) is 6.54 Å². The van der Waals surface area contributed by atoms with Crippen molar-refractivity contribution >= 4 is 41.3 Å². The summed E-state index contributed by atoms with van der Waals surface area (Å²) in [6, 6.07) is 8.42. The number of para-hydroxylation sites is 1. The number of aromatic nitrogens is 1. The van der Waals surface area contributed by atoms with Crippen LogP contribution in [0, 0.1) is 13.8 Å². The number of halogens is 1. The van der Waals surface area contributed by atoms with E-state index in [0.717, 1.165) is 29.0 Å². The molecular weight excluding hydrogens is 483 g/mol. The monoisotopic (exact) mass is 514 g/mol. The molecule has 0 atom stereocenters. The molecular formula is C21H31IN4OS. The SMILES string of the molecule is CN=C(NCc1nc(C)c(C)s1)NCC1(c2ccccc2OC)CCCC1.I. The number of nitrogens with zero attached hydrogens (tertiary/aromatic N) is 2. The highest BCUT2D eigenvalue weighted by atomic mass is 127. The van der Waals surface area contributed by atoms with E-state index in [1.165, 1.54) is 36.1 Å². The summed E-state index contributed by atoms with van der Waals surface area (Å²) < 4.78 is 5.65. The van der Waals surface area contributed by atoms with Crippen LogP contribution in [-0.2, 0) is 12.0 Å². The molecule has 2 aromatic rings. The molecule has 1 aliphatic rings. The number of methoxy groups -OCH3 is 1. The van der Waals surface area contributed by atoms with Crippen molar-refractivity contribution < 1.29 is 4.74 Å². The molecule has 0 saturated heterocycles. The highest BCUT2D eigenvalue weighted by molar-refractivity contribution is 14.0. The standard InChI is InChI=1S/C21H30N4OS.HI/c1-15-16(2)27-19(25-15)13-23-20(22-3)24-14-21(11-7-8-12-21)17-9-5-6-10-18(17)26-4;/h5-6,9-10H,7-8,11-14H2,1-4H3,(H2,22,23,24);1H. The fraction of sp³-hybridized carbons (Fsp3) is 0.524. The second-order valence-corrected chi connectivity index (χ2v) is 8.50. The molecule has 5 nitrogen and oxygen atoms in total. The zero-order valence-electron chi connectivity index (χ0n) is 17.2. The van der Waals surface area contributed by atoms with E-state index in [1.807, 2.05) is 13.1 Å². The van der Waals surface area contributed by atoms with E-state index in [4.69, 9.17) is 4.74 Å². The van der Waals surface area contributed by atoms with Crippen molar-refractivity contribution in [2.75, 3.05) is 20.7 Å². The van der Waals surface area contributed by atoms with Gasteiger partial charge in [0.15, 0.2) is 5.96 Å². The molecule has 2 N–H and O–H groups in total. The number of ether oxygens (including phenoxy) is 1. The van der Waals surface area contributed by atoms with E-state index in [9.17, 15) is 0 Å². The molecule has 0 unspecified atom stereocenters. The van der Waals surface area contributed by atoms with Gasteiger partial charge >= 0.3 is 0 Å². The lowest BCUT2D eigenvalue weighted by molar-refractivity contribution is 0.371. The molecule has 1 aliphatic carbocycles. The van der Waals surface area contributed by atoms with E-state index < -0.39 is 0 Å². The number of hydrogen-bond acceptors (Lipinski definition) is 4. The van der Waals surface area contributed by atoms with Gasteiger partial charge in [0.2, 0.25) is 0 Å². The molecule has 3 rings (SSSR count). The van der Waals surface area contributed by atoms with Crippen LogP contribution in [0.4, 0.5) is 0 Å². The van der Waals surface area contributed by atoms with Gasteiger partial charge in [0.25, 0.3) is 0 Å². The molecule has 0 aliphatic heterocycles. The number of aryl methyl sites for hydroxylation is 2. The summed E-state index contributed by atoms with van der Waals surface area (Å²) in [5.74, 6) is 1.81. The fourth-order valence-electron chi connectivity index (χ4n) is 3.92. The Kier molecular flexibility index (Phi) is 8.55. The van der Waals surface area contributed by atoms with Crippen LogP contribution in [0.15, 0.2) is 29.3 Å². The highest BCUT2D eigenvalue weighted by Gasteiger charge is 2.37. The minimum atomic E-state index is 0. The summed E-state index contributed by atoms with van der Waals surface area (Å²) in [5, 5.41) is 8.05. The van der Waals surface area contributed by atoms with Crippen LogP contribution in [0.3, 0.4) is 0 Å². The normalized spacial score (nSPS) is 15.8. The van der Waals surface area contributed by atoms with Gasteiger partial charge < -0.3 is 15.4 Å². The maximum Gasteiger partial charge on any atom is 0.191 e. The van der Waals surface area contributed by atoms with Crippen LogP contribution < -0.4 is 15.4 Å². The van der Waals surface area contributed by atoms with Crippen molar-refractivity contribution in [2.45, 2.75) is 51.5 Å². The molecule has 0 amide bonds. The van der Waals surface area contributed by atoms with Gasteiger partial charge in [0.1, 0.15) is 10.8 Å². The second-order valence-electron chi connectivity index (χ2n) is 7.22. The number of aliphatic imine (C=N–C) groups is 1. The van der Waals surface area contributed by atoms with Crippen molar-refractivity contribution in [3.05, 3.63) is 45.4 Å². The Labute approximate surface area is 189 Å². The van der Waals surface area contributed by atoms with Gasteiger partial charge in [-0.3, -0.25) is 4.99 Å². The second kappa shape index (κ2) is 10.4. The third-order valence-corrected chi connectivity index (χ3v) is 6.61. The van der Waals surface area contributed by atoms with Crippen molar-refractivity contribution in [1.82, 2.24) is 15.6 Å². The average Bonchev–Trinajstić information content (AvgIpc) is 3.29. The predicted octanol–water partition coefficient (Wildman–Crippen LogP) is 4.56. The van der Waals surface area contributed by atoms with Crippen LogP contribution in [0.2, 0.25) is 0 Å². The number of thiazole rings is 1. The maximum absolute atomic E-state index is 5.65. The van der Waals surface area contributed by atoms with Crippen LogP contribution in [0.1, 0.15) is 46.8 Å². The molecule has 1 aromatic heterocycles. The van der Waals surface area contributed by atoms with Gasteiger partial charge in [-0.05, 0) is 32.8 Å². The summed E-state index contributed by atoms with van der Waals surface area (Å²) in [5.41, 5.74) is 2.51. The Morgan fingerprint density at radius 2 is 1.93 bits per heavy atom. The minimum absolute atomic E-state index is 0. The summed E-state index contributed by atoms with van der Waals surface area (Å²) in [4.78, 5) is 10.3. The molecule has 7 heteroatoms. The predicted molar refractivity (Wildman–Crippen MR) is 128 cm³/mol. The molecule has 0 radical (unpaired) electrons. The smallest absolute Gasteiger partial charge is 0.191 e. The third kappa shape index (κ3) is 5.17. The third-order valence-electron chi connectivity index (χ3n) is 5.54. The Bertz CT molecular complexity index is 780. The van der Waals surface area contributed by atoms with Gasteiger partial charge in [0.05, 0.1) is 19.3 Å². The zero-order chi connectivity index (χ0) is 19.3. The number of hydrogen-bond donors (Lipinski definition) is 2. The number of nitrogens with one attached hydrogen (secondary N) is 2. The molecule has 1 saturated carbocycles. The topological polar surface area (TPSA) is 58.5 Å². The van der Waals surface area contributed by atoms with Crippen molar-refractivity contribution in [3.8, 4) is 5.75 Å². The lowest BCUT2D eigenvalue weighted by Gasteiger charge is -2.32. The summed E-state index contributed by atoms with van der Waals surface area (Å²) in [7, 11) is 3.57. The number of guanidine groups is 1. The van der Waals surface area contributed by atoms with Gasteiger partial charge in [-0.25, -0.2) is 4.98 Å². The Hall–Kier alpha value is -1.35. The molecule has 1 heterocycles. The first kappa shape index (κ1) is 22.9. The van der Waals surface area contributed by atoms with E-state index in [1.54, 1.807) is 18.4 Å². The molecule has 1 aromatic carbocycles. The average molecular weight is 514 g/mol. The van der Waals surface area contributed by atoms with Crippen molar-refractivity contribution in [1.29, 1.82) is 0 Å². The summed E-state index contributed by atoms with van der Waals surface area (Å²) in [6.07, 6.45) is 4.84. The van der Waals surface area contributed by atoms with Crippen LogP contribution in [0.5, 0.6) is 5.75 Å². The first-order chi connectivity index (χ1) is 13.1. The number of rotatable bonds is 6. The van der Waals surface area contributed by atoms with Gasteiger partial charge in [-0.1, -0.05) is 31.0 Å². The largest absolute Gasteiger partial charge is 0.496 e. The van der Waals surface area contributed by atoms with Crippen LogP contribution in [0.25, 0.3) is 0 Å². The summed E-state index contributed by atoms with van der Waals surface area (Å²) in [6.45, 7) is 5.71. The van der Waals surface area contributed by atoms with E-state index in [2.05, 4.69) is 52.7 Å². The van der Waals surface area contributed by atoms with Gasteiger partial charge in [-0.15, -0.1) is 35.3 Å². The lowest BCUT2D eigenvalue weighted by atomic mass is 9.78. The van der Waals surface area contributed by atoms with E-state index in [-0.39, 0.29) is 29.4 Å². The van der Waals surface area contributed by atoms with Crippen LogP contribution in [-0.4, -0.2) is 31.6 Å². The van der Waals surface area contributed by atoms with Crippen LogP contribution >= 0.6 is 35.3 Å². The molecule has 28 heavy (non-hydrogen) atoms. The molecule has 154 valence electrons. The lowest BCUT2D eigenvalue weighted by Crippen LogP contribution is -2.44. The molecule has 0 bridgehead atoms. The quantitative estimate of drug-likeness (QED) is 0.337. The van der Waals surface area contributed by atoms with Crippen molar-refractivity contribution in [3.63, 3.8) is 0 Å². The Balaban J connectivity index is 0.00000280. The van der Waals surface area contributed by atoms with E-state index >= 15 is 0 Å².